The highest BCUT2D eigenvalue weighted by Crippen LogP contribution is 2.50. The smallest absolute Gasteiger partial charge is 0.123 e. The van der Waals surface area contributed by atoms with E-state index >= 15 is 0 Å². The predicted molar refractivity (Wildman–Crippen MR) is 139 cm³/mol. The Morgan fingerprint density at radius 1 is 0.667 bits per heavy atom. The van der Waals surface area contributed by atoms with Gasteiger partial charge in [-0.1, -0.05) is 69.7 Å². The summed E-state index contributed by atoms with van der Waals surface area (Å²) in [6.07, 6.45) is 22.0. The summed E-state index contributed by atoms with van der Waals surface area (Å²) in [5.41, 5.74) is 1.48. The maximum Gasteiger partial charge on any atom is 0.123 e. The van der Waals surface area contributed by atoms with Gasteiger partial charge in [0.05, 0.1) is 0 Å². The van der Waals surface area contributed by atoms with E-state index < -0.39 is 0 Å². The molecular weight excluding hydrogens is 403 g/mol. The number of halogens is 1. The lowest BCUT2D eigenvalue weighted by Crippen LogP contribution is -2.34. The Hall–Kier alpha value is -1.37. The molecule has 0 aliphatic heterocycles. The molecule has 1 heteroatoms. The monoisotopic (exact) mass is 448 g/mol. The summed E-state index contributed by atoms with van der Waals surface area (Å²) in [5.74, 6) is 5.71. The normalized spacial score (nSPS) is 32.5. The SMILES string of the molecule is CCCCCCC1CCC2CC(C3CCC(c4ccc5cc(F)ccc5c4)CC3)CCC2C1. The van der Waals surface area contributed by atoms with Gasteiger partial charge in [0.25, 0.3) is 0 Å². The molecule has 3 aliphatic carbocycles. The second-order valence-electron chi connectivity index (χ2n) is 12.0. The molecule has 180 valence electrons. The van der Waals surface area contributed by atoms with E-state index in [1.165, 1.54) is 94.4 Å². The topological polar surface area (TPSA) is 0 Å². The molecule has 2 aromatic carbocycles. The van der Waals surface area contributed by atoms with Gasteiger partial charge in [-0.3, -0.25) is 0 Å². The molecule has 3 fully saturated rings. The van der Waals surface area contributed by atoms with Crippen LogP contribution in [-0.4, -0.2) is 0 Å². The number of rotatable bonds is 7. The zero-order valence-corrected chi connectivity index (χ0v) is 20.9. The van der Waals surface area contributed by atoms with Crippen LogP contribution in [0.2, 0.25) is 0 Å². The summed E-state index contributed by atoms with van der Waals surface area (Å²) >= 11 is 0. The van der Waals surface area contributed by atoms with Gasteiger partial charge in [0.1, 0.15) is 5.82 Å². The van der Waals surface area contributed by atoms with E-state index in [1.807, 2.05) is 6.07 Å². The van der Waals surface area contributed by atoms with E-state index in [9.17, 15) is 4.39 Å². The van der Waals surface area contributed by atoms with Gasteiger partial charge in [-0.05, 0) is 122 Å². The molecule has 4 unspecified atom stereocenters. The highest BCUT2D eigenvalue weighted by molar-refractivity contribution is 5.83. The van der Waals surface area contributed by atoms with E-state index in [0.717, 1.165) is 35.0 Å². The van der Waals surface area contributed by atoms with Crippen molar-refractivity contribution in [3.8, 4) is 0 Å². The van der Waals surface area contributed by atoms with Crippen LogP contribution in [0.5, 0.6) is 0 Å². The van der Waals surface area contributed by atoms with Crippen LogP contribution in [0, 0.1) is 35.4 Å². The van der Waals surface area contributed by atoms with Crippen LogP contribution in [0.25, 0.3) is 10.8 Å². The summed E-state index contributed by atoms with van der Waals surface area (Å²) < 4.78 is 13.5. The van der Waals surface area contributed by atoms with E-state index in [2.05, 4.69) is 25.1 Å². The third-order valence-electron chi connectivity index (χ3n) is 9.96. The molecule has 0 heterocycles. The summed E-state index contributed by atoms with van der Waals surface area (Å²) in [5, 5.41) is 2.22. The maximum atomic E-state index is 13.5. The Morgan fingerprint density at radius 3 is 2.15 bits per heavy atom. The second-order valence-corrected chi connectivity index (χ2v) is 12.0. The van der Waals surface area contributed by atoms with Gasteiger partial charge in [-0.2, -0.15) is 0 Å². The second kappa shape index (κ2) is 10.9. The molecular formula is C32H45F. The molecule has 3 saturated carbocycles. The third kappa shape index (κ3) is 5.66. The lowest BCUT2D eigenvalue weighted by Gasteiger charge is -2.45. The molecule has 0 spiro atoms. The van der Waals surface area contributed by atoms with Crippen LogP contribution < -0.4 is 0 Å². The maximum absolute atomic E-state index is 13.5. The molecule has 0 radical (unpaired) electrons. The first-order valence-electron chi connectivity index (χ1n) is 14.4. The van der Waals surface area contributed by atoms with Gasteiger partial charge in [-0.25, -0.2) is 4.39 Å². The highest BCUT2D eigenvalue weighted by atomic mass is 19.1. The first-order valence-corrected chi connectivity index (χ1v) is 14.4. The Morgan fingerprint density at radius 2 is 1.33 bits per heavy atom. The Balaban J connectivity index is 1.10. The molecule has 0 amide bonds. The molecule has 3 aliphatic rings. The predicted octanol–water partition coefficient (Wildman–Crippen LogP) is 10.1. The lowest BCUT2D eigenvalue weighted by atomic mass is 9.60. The van der Waals surface area contributed by atoms with Crippen molar-refractivity contribution < 1.29 is 4.39 Å². The Labute approximate surface area is 201 Å². The third-order valence-corrected chi connectivity index (χ3v) is 9.96. The number of unbranched alkanes of at least 4 members (excludes halogenated alkanes) is 3. The molecule has 0 saturated heterocycles. The zero-order chi connectivity index (χ0) is 22.6. The average molecular weight is 449 g/mol. The average Bonchev–Trinajstić information content (AvgIpc) is 2.86. The molecule has 0 bridgehead atoms. The van der Waals surface area contributed by atoms with Crippen molar-refractivity contribution in [2.75, 3.05) is 0 Å². The lowest BCUT2D eigenvalue weighted by molar-refractivity contribution is 0.0613. The Kier molecular flexibility index (Phi) is 7.73. The summed E-state index contributed by atoms with van der Waals surface area (Å²) in [7, 11) is 0. The largest absolute Gasteiger partial charge is 0.207 e. The molecule has 4 atom stereocenters. The molecule has 0 N–H and O–H groups in total. The summed E-state index contributed by atoms with van der Waals surface area (Å²) in [6.45, 7) is 2.32. The van der Waals surface area contributed by atoms with Crippen molar-refractivity contribution >= 4 is 10.8 Å². The van der Waals surface area contributed by atoms with Crippen molar-refractivity contribution in [2.45, 2.75) is 109 Å². The van der Waals surface area contributed by atoms with Gasteiger partial charge in [0.15, 0.2) is 0 Å². The number of hydrogen-bond acceptors (Lipinski definition) is 0. The fourth-order valence-electron chi connectivity index (χ4n) is 7.99. The summed E-state index contributed by atoms with van der Waals surface area (Å²) in [4.78, 5) is 0. The van der Waals surface area contributed by atoms with Crippen molar-refractivity contribution in [2.24, 2.45) is 29.6 Å². The van der Waals surface area contributed by atoms with E-state index in [0.29, 0.717) is 5.92 Å². The van der Waals surface area contributed by atoms with Gasteiger partial charge in [0, 0.05) is 0 Å². The van der Waals surface area contributed by atoms with Crippen molar-refractivity contribution in [1.82, 2.24) is 0 Å². The molecule has 33 heavy (non-hydrogen) atoms. The van der Waals surface area contributed by atoms with E-state index in [-0.39, 0.29) is 5.82 Å². The first kappa shape index (κ1) is 23.4. The fourth-order valence-corrected chi connectivity index (χ4v) is 7.99. The van der Waals surface area contributed by atoms with Gasteiger partial charge >= 0.3 is 0 Å². The van der Waals surface area contributed by atoms with Crippen LogP contribution in [0.3, 0.4) is 0 Å². The number of benzene rings is 2. The van der Waals surface area contributed by atoms with Gasteiger partial charge in [-0.15, -0.1) is 0 Å². The minimum Gasteiger partial charge on any atom is -0.207 e. The molecule has 0 nitrogen and oxygen atoms in total. The van der Waals surface area contributed by atoms with Crippen LogP contribution in [0.4, 0.5) is 4.39 Å². The fraction of sp³-hybridized carbons (Fsp3) is 0.688. The minimum absolute atomic E-state index is 0.133. The number of fused-ring (bicyclic) bond motifs is 2. The van der Waals surface area contributed by atoms with Crippen LogP contribution >= 0.6 is 0 Å². The van der Waals surface area contributed by atoms with Crippen molar-refractivity contribution in [1.29, 1.82) is 0 Å². The minimum atomic E-state index is -0.133. The van der Waals surface area contributed by atoms with Crippen molar-refractivity contribution in [3.05, 3.63) is 47.8 Å². The first-order chi connectivity index (χ1) is 16.2. The standard InChI is InChI=1S/C32H45F/c1-2-3-4-5-6-23-7-8-29-20-27(14-13-26(29)19-23)24-9-11-25(12-10-24)28-15-16-31-22-32(33)18-17-30(31)21-28/h15-18,21-27,29H,2-14,19-20H2,1H3. The van der Waals surface area contributed by atoms with Crippen molar-refractivity contribution in [3.63, 3.8) is 0 Å². The van der Waals surface area contributed by atoms with Crippen LogP contribution in [-0.2, 0) is 0 Å². The summed E-state index contributed by atoms with van der Waals surface area (Å²) in [6, 6.07) is 11.9. The Bertz CT molecular complexity index is 893. The van der Waals surface area contributed by atoms with E-state index in [4.69, 9.17) is 0 Å². The molecule has 5 rings (SSSR count). The highest BCUT2D eigenvalue weighted by Gasteiger charge is 2.38. The molecule has 0 aromatic heterocycles. The van der Waals surface area contributed by atoms with Gasteiger partial charge < -0.3 is 0 Å². The number of hydrogen-bond donors (Lipinski definition) is 0. The quantitative estimate of drug-likeness (QED) is 0.370. The van der Waals surface area contributed by atoms with E-state index in [1.54, 1.807) is 25.0 Å². The van der Waals surface area contributed by atoms with Gasteiger partial charge in [0.2, 0.25) is 0 Å². The van der Waals surface area contributed by atoms with Crippen LogP contribution in [0.1, 0.15) is 115 Å². The van der Waals surface area contributed by atoms with Crippen LogP contribution in [0.15, 0.2) is 36.4 Å². The molecule has 2 aromatic rings. The zero-order valence-electron chi connectivity index (χ0n) is 20.9.